The lowest BCUT2D eigenvalue weighted by atomic mass is 10.0. The van der Waals surface area contributed by atoms with E-state index in [9.17, 15) is 4.79 Å². The van der Waals surface area contributed by atoms with Crippen molar-refractivity contribution >= 4 is 17.2 Å². The van der Waals surface area contributed by atoms with E-state index in [0.29, 0.717) is 6.42 Å². The van der Waals surface area contributed by atoms with Gasteiger partial charge in [-0.1, -0.05) is 36.4 Å². The van der Waals surface area contributed by atoms with Crippen LogP contribution < -0.4 is 5.32 Å². The van der Waals surface area contributed by atoms with Gasteiger partial charge in [0, 0.05) is 23.0 Å². The number of hydrogen-bond donors (Lipinski definition) is 1. The fourth-order valence-electron chi connectivity index (χ4n) is 3.50. The highest BCUT2D eigenvalue weighted by molar-refractivity contribution is 6.00. The van der Waals surface area contributed by atoms with Crippen molar-refractivity contribution in [3.05, 3.63) is 72.2 Å². The number of nitrogens with one attached hydrogen (secondary N) is 1. The average Bonchev–Trinajstić information content (AvgIpc) is 3.20. The number of benzene rings is 2. The number of nitrogens with zero attached hydrogens (tertiary/aromatic N) is 3. The van der Waals surface area contributed by atoms with Crippen molar-refractivity contribution in [3.63, 3.8) is 0 Å². The third-order valence-corrected chi connectivity index (χ3v) is 4.69. The van der Waals surface area contributed by atoms with Crippen LogP contribution in [-0.2, 0) is 11.2 Å². The van der Waals surface area contributed by atoms with Crippen LogP contribution in [0, 0.1) is 6.92 Å². The first kappa shape index (κ1) is 14.8. The summed E-state index contributed by atoms with van der Waals surface area (Å²) in [4.78, 5) is 20.9. The lowest BCUT2D eigenvalue weighted by molar-refractivity contribution is -0.115. The Morgan fingerprint density at radius 3 is 2.77 bits per heavy atom. The second kappa shape index (κ2) is 5.52. The molecule has 26 heavy (non-hydrogen) atoms. The first-order valence-corrected chi connectivity index (χ1v) is 8.52. The molecule has 5 rings (SSSR count). The van der Waals surface area contributed by atoms with E-state index in [2.05, 4.69) is 32.9 Å². The van der Waals surface area contributed by atoms with E-state index in [1.807, 2.05) is 43.5 Å². The molecule has 1 aliphatic heterocycles. The predicted molar refractivity (Wildman–Crippen MR) is 101 cm³/mol. The molecule has 2 aromatic heterocycles. The molecule has 0 spiro atoms. The Morgan fingerprint density at radius 1 is 1.08 bits per heavy atom. The molecule has 1 aliphatic rings. The van der Waals surface area contributed by atoms with Gasteiger partial charge in [0.05, 0.1) is 29.7 Å². The summed E-state index contributed by atoms with van der Waals surface area (Å²) in [5.41, 5.74) is 7.66. The summed E-state index contributed by atoms with van der Waals surface area (Å²) < 4.78 is 2.08. The summed E-state index contributed by atoms with van der Waals surface area (Å²) in [6, 6.07) is 16.2. The Bertz CT molecular complexity index is 1160. The van der Waals surface area contributed by atoms with Crippen molar-refractivity contribution in [1.29, 1.82) is 0 Å². The highest BCUT2D eigenvalue weighted by Gasteiger charge is 2.21. The molecule has 0 bridgehead atoms. The molecule has 0 unspecified atom stereocenters. The van der Waals surface area contributed by atoms with Gasteiger partial charge in [-0.05, 0) is 24.6 Å². The van der Waals surface area contributed by atoms with E-state index in [4.69, 9.17) is 4.98 Å². The van der Waals surface area contributed by atoms with Crippen LogP contribution in [0.5, 0.6) is 0 Å². The summed E-state index contributed by atoms with van der Waals surface area (Å²) in [6.45, 7) is 1.97. The number of rotatable bonds is 2. The van der Waals surface area contributed by atoms with Gasteiger partial charge in [-0.3, -0.25) is 14.2 Å². The summed E-state index contributed by atoms with van der Waals surface area (Å²) >= 11 is 0. The van der Waals surface area contributed by atoms with Gasteiger partial charge in [0.15, 0.2) is 5.65 Å². The number of amides is 1. The van der Waals surface area contributed by atoms with E-state index in [-0.39, 0.29) is 5.91 Å². The average molecular weight is 340 g/mol. The molecule has 0 fully saturated rings. The first-order chi connectivity index (χ1) is 12.7. The Morgan fingerprint density at radius 2 is 1.92 bits per heavy atom. The van der Waals surface area contributed by atoms with E-state index < -0.39 is 0 Å². The molecule has 126 valence electrons. The highest BCUT2D eigenvalue weighted by atomic mass is 16.1. The number of anilines is 1. The lowest BCUT2D eigenvalue weighted by Crippen LogP contribution is -2.03. The molecule has 0 aliphatic carbocycles. The molecule has 0 saturated heterocycles. The van der Waals surface area contributed by atoms with Crippen molar-refractivity contribution in [3.8, 4) is 22.5 Å². The Kier molecular flexibility index (Phi) is 3.15. The standard InChI is InChI=1S/C21H16N4O/c1-13-12-25-18(11-22-13)24-20(14-5-3-2-4-6-14)21(25)15-7-8-17-16(9-15)10-19(26)23-17/h2-9,11-12H,10H2,1H3,(H,23,26). The maximum absolute atomic E-state index is 11.7. The van der Waals surface area contributed by atoms with Crippen LogP contribution in [0.3, 0.4) is 0 Å². The van der Waals surface area contributed by atoms with E-state index in [0.717, 1.165) is 45.1 Å². The number of hydrogen-bond acceptors (Lipinski definition) is 3. The zero-order chi connectivity index (χ0) is 17.7. The van der Waals surface area contributed by atoms with Crippen molar-refractivity contribution in [2.45, 2.75) is 13.3 Å². The lowest BCUT2D eigenvalue weighted by Gasteiger charge is -2.08. The van der Waals surface area contributed by atoms with Gasteiger partial charge in [0.25, 0.3) is 0 Å². The Balaban J connectivity index is 1.80. The number of carbonyl (C=O) groups is 1. The highest BCUT2D eigenvalue weighted by Crippen LogP contribution is 2.35. The second-order valence-electron chi connectivity index (χ2n) is 6.53. The van der Waals surface area contributed by atoms with Gasteiger partial charge >= 0.3 is 0 Å². The number of fused-ring (bicyclic) bond motifs is 2. The Hall–Kier alpha value is -3.47. The maximum Gasteiger partial charge on any atom is 0.228 e. The third-order valence-electron chi connectivity index (χ3n) is 4.69. The minimum atomic E-state index is 0.0404. The van der Waals surface area contributed by atoms with Crippen LogP contribution >= 0.6 is 0 Å². The molecule has 1 N–H and O–H groups in total. The van der Waals surface area contributed by atoms with Crippen LogP contribution in [-0.4, -0.2) is 20.3 Å². The summed E-state index contributed by atoms with van der Waals surface area (Å²) in [7, 11) is 0. The maximum atomic E-state index is 11.7. The van der Waals surface area contributed by atoms with Crippen molar-refractivity contribution < 1.29 is 4.79 Å². The first-order valence-electron chi connectivity index (χ1n) is 8.52. The zero-order valence-electron chi connectivity index (χ0n) is 14.2. The van der Waals surface area contributed by atoms with Crippen LogP contribution in [0.25, 0.3) is 28.2 Å². The van der Waals surface area contributed by atoms with Gasteiger partial charge in [-0.15, -0.1) is 0 Å². The topological polar surface area (TPSA) is 59.3 Å². The van der Waals surface area contributed by atoms with Crippen molar-refractivity contribution in [1.82, 2.24) is 14.4 Å². The molecular formula is C21H16N4O. The minimum absolute atomic E-state index is 0.0404. The van der Waals surface area contributed by atoms with Gasteiger partial charge in [-0.25, -0.2) is 4.98 Å². The summed E-state index contributed by atoms with van der Waals surface area (Å²) in [5.74, 6) is 0.0404. The van der Waals surface area contributed by atoms with Crippen molar-refractivity contribution in [2.75, 3.05) is 5.32 Å². The molecule has 0 radical (unpaired) electrons. The van der Waals surface area contributed by atoms with Crippen LogP contribution in [0.4, 0.5) is 5.69 Å². The molecule has 5 heteroatoms. The summed E-state index contributed by atoms with van der Waals surface area (Å²) in [5, 5.41) is 2.89. The third kappa shape index (κ3) is 2.29. The van der Waals surface area contributed by atoms with Crippen molar-refractivity contribution in [2.24, 2.45) is 0 Å². The number of carbonyl (C=O) groups excluding carboxylic acids is 1. The van der Waals surface area contributed by atoms with Gasteiger partial charge in [-0.2, -0.15) is 0 Å². The van der Waals surface area contributed by atoms with E-state index in [1.54, 1.807) is 6.20 Å². The van der Waals surface area contributed by atoms with Gasteiger partial charge < -0.3 is 5.32 Å². The number of aryl methyl sites for hydroxylation is 1. The quantitative estimate of drug-likeness (QED) is 0.603. The summed E-state index contributed by atoms with van der Waals surface area (Å²) in [6.07, 6.45) is 4.21. The number of imidazole rings is 1. The molecule has 0 saturated carbocycles. The monoisotopic (exact) mass is 340 g/mol. The molecule has 4 aromatic rings. The predicted octanol–water partition coefficient (Wildman–Crippen LogP) is 3.87. The molecule has 0 atom stereocenters. The van der Waals surface area contributed by atoms with Crippen LogP contribution in [0.1, 0.15) is 11.3 Å². The fraction of sp³-hybridized carbons (Fsp3) is 0.0952. The SMILES string of the molecule is Cc1cn2c(-c3ccc4c(c3)CC(=O)N4)c(-c3ccccc3)nc2cn1. The minimum Gasteiger partial charge on any atom is -0.326 e. The molecule has 2 aromatic carbocycles. The largest absolute Gasteiger partial charge is 0.326 e. The van der Waals surface area contributed by atoms with Crippen LogP contribution in [0.15, 0.2) is 60.9 Å². The zero-order valence-corrected chi connectivity index (χ0v) is 14.2. The fourth-order valence-corrected chi connectivity index (χ4v) is 3.50. The second-order valence-corrected chi connectivity index (χ2v) is 6.53. The van der Waals surface area contributed by atoms with Gasteiger partial charge in [0.1, 0.15) is 0 Å². The normalized spacial score (nSPS) is 13.0. The molecular weight excluding hydrogens is 324 g/mol. The van der Waals surface area contributed by atoms with Crippen LogP contribution in [0.2, 0.25) is 0 Å². The smallest absolute Gasteiger partial charge is 0.228 e. The molecule has 5 nitrogen and oxygen atoms in total. The number of aromatic nitrogens is 3. The molecule has 3 heterocycles. The van der Waals surface area contributed by atoms with E-state index in [1.165, 1.54) is 0 Å². The van der Waals surface area contributed by atoms with E-state index >= 15 is 0 Å². The van der Waals surface area contributed by atoms with Gasteiger partial charge in [0.2, 0.25) is 5.91 Å². The Labute approximate surface area is 150 Å². The molecule has 1 amide bonds.